The lowest BCUT2D eigenvalue weighted by Crippen LogP contribution is -2.34. The standard InChI is InChI=1S/C22H36N2O2Si2/c1-27(2,15-13-25-21-9-5-19(23)6-10-21)17-18-28(3,4)16-14-26-22-11-7-20(24)8-12-22/h5-12H,13-18,23-24H2,1-4H3. The lowest BCUT2D eigenvalue weighted by Gasteiger charge is -2.29. The van der Waals surface area contributed by atoms with Crippen LogP contribution in [0.2, 0.25) is 50.4 Å². The summed E-state index contributed by atoms with van der Waals surface area (Å²) in [7, 11) is -2.51. The van der Waals surface area contributed by atoms with Crippen molar-refractivity contribution in [3.05, 3.63) is 48.5 Å². The smallest absolute Gasteiger partial charge is 0.119 e. The fourth-order valence-corrected chi connectivity index (χ4v) is 10.2. The van der Waals surface area contributed by atoms with E-state index in [0.717, 1.165) is 36.1 Å². The number of hydrogen-bond donors (Lipinski definition) is 2. The summed E-state index contributed by atoms with van der Waals surface area (Å²) < 4.78 is 11.8. The zero-order valence-electron chi connectivity index (χ0n) is 17.8. The van der Waals surface area contributed by atoms with Crippen LogP contribution in [0.5, 0.6) is 11.5 Å². The van der Waals surface area contributed by atoms with Gasteiger partial charge in [0.05, 0.1) is 29.4 Å². The Morgan fingerprint density at radius 3 is 1.21 bits per heavy atom. The second-order valence-electron chi connectivity index (χ2n) is 9.16. The van der Waals surface area contributed by atoms with Crippen molar-refractivity contribution in [1.29, 1.82) is 0 Å². The highest BCUT2D eigenvalue weighted by Crippen LogP contribution is 2.26. The van der Waals surface area contributed by atoms with Crippen LogP contribution in [0.1, 0.15) is 0 Å². The first-order valence-corrected chi connectivity index (χ1v) is 16.9. The Morgan fingerprint density at radius 1 is 0.571 bits per heavy atom. The number of ether oxygens (including phenoxy) is 2. The van der Waals surface area contributed by atoms with Gasteiger partial charge in [-0.05, 0) is 60.6 Å². The highest BCUT2D eigenvalue weighted by Gasteiger charge is 2.27. The van der Waals surface area contributed by atoms with Crippen LogP contribution in [0.25, 0.3) is 0 Å². The molecule has 0 amide bonds. The van der Waals surface area contributed by atoms with E-state index in [4.69, 9.17) is 20.9 Å². The van der Waals surface area contributed by atoms with Crippen LogP contribution in [-0.4, -0.2) is 29.4 Å². The van der Waals surface area contributed by atoms with E-state index in [9.17, 15) is 0 Å². The van der Waals surface area contributed by atoms with Gasteiger partial charge in [0.2, 0.25) is 0 Å². The molecule has 0 atom stereocenters. The first-order chi connectivity index (χ1) is 13.2. The van der Waals surface area contributed by atoms with Gasteiger partial charge in [0.1, 0.15) is 11.5 Å². The molecule has 154 valence electrons. The minimum atomic E-state index is -1.26. The van der Waals surface area contributed by atoms with Crippen molar-refractivity contribution in [2.24, 2.45) is 0 Å². The van der Waals surface area contributed by atoms with Crippen molar-refractivity contribution in [2.45, 2.75) is 50.4 Å². The molecular formula is C22H36N2O2Si2. The quantitative estimate of drug-likeness (QED) is 0.363. The van der Waals surface area contributed by atoms with Crippen molar-refractivity contribution in [3.8, 4) is 11.5 Å². The molecule has 4 N–H and O–H groups in total. The third-order valence-electron chi connectivity index (χ3n) is 5.33. The summed E-state index contributed by atoms with van der Waals surface area (Å²) in [6, 6.07) is 20.4. The zero-order valence-corrected chi connectivity index (χ0v) is 19.8. The van der Waals surface area contributed by atoms with Gasteiger partial charge in [-0.25, -0.2) is 0 Å². The normalized spacial score (nSPS) is 12.0. The van der Waals surface area contributed by atoms with Crippen molar-refractivity contribution < 1.29 is 9.47 Å². The molecule has 6 heteroatoms. The van der Waals surface area contributed by atoms with E-state index < -0.39 is 16.1 Å². The molecule has 0 aliphatic carbocycles. The van der Waals surface area contributed by atoms with Crippen LogP contribution in [0.3, 0.4) is 0 Å². The molecule has 0 radical (unpaired) electrons. The first kappa shape index (κ1) is 22.4. The molecule has 0 aliphatic rings. The molecule has 2 aromatic carbocycles. The van der Waals surface area contributed by atoms with Crippen LogP contribution in [0, 0.1) is 0 Å². The van der Waals surface area contributed by atoms with Gasteiger partial charge < -0.3 is 20.9 Å². The van der Waals surface area contributed by atoms with Crippen LogP contribution in [0.15, 0.2) is 48.5 Å². The number of anilines is 2. The van der Waals surface area contributed by atoms with E-state index in [1.807, 2.05) is 48.5 Å². The van der Waals surface area contributed by atoms with Crippen molar-refractivity contribution in [3.63, 3.8) is 0 Å². The van der Waals surface area contributed by atoms with E-state index in [-0.39, 0.29) is 0 Å². The van der Waals surface area contributed by atoms with E-state index in [1.54, 1.807) is 0 Å². The number of rotatable bonds is 11. The molecule has 0 spiro atoms. The number of hydrogen-bond acceptors (Lipinski definition) is 4. The highest BCUT2D eigenvalue weighted by molar-refractivity contribution is 6.82. The highest BCUT2D eigenvalue weighted by atomic mass is 28.3. The van der Waals surface area contributed by atoms with Gasteiger partial charge in [0.15, 0.2) is 0 Å². The third-order valence-corrected chi connectivity index (χ3v) is 12.2. The second-order valence-corrected chi connectivity index (χ2v) is 19.8. The molecule has 2 aromatic rings. The molecule has 0 fully saturated rings. The van der Waals surface area contributed by atoms with E-state index >= 15 is 0 Å². The molecule has 0 aliphatic heterocycles. The Morgan fingerprint density at radius 2 is 0.893 bits per heavy atom. The van der Waals surface area contributed by atoms with Crippen LogP contribution >= 0.6 is 0 Å². The third kappa shape index (κ3) is 8.39. The second kappa shape index (κ2) is 10.0. The predicted octanol–water partition coefficient (Wildman–Crippen LogP) is 5.73. The molecule has 0 saturated heterocycles. The number of benzene rings is 2. The van der Waals surface area contributed by atoms with E-state index in [0.29, 0.717) is 0 Å². The average molecular weight is 417 g/mol. The van der Waals surface area contributed by atoms with Gasteiger partial charge in [0.25, 0.3) is 0 Å². The molecule has 0 unspecified atom stereocenters. The Balaban J connectivity index is 1.68. The summed E-state index contributed by atoms with van der Waals surface area (Å²) in [5.74, 6) is 1.82. The molecule has 0 saturated carbocycles. The van der Waals surface area contributed by atoms with Gasteiger partial charge in [-0.3, -0.25) is 0 Å². The molecular weight excluding hydrogens is 380 g/mol. The number of nitrogens with two attached hydrogens (primary N) is 2. The lowest BCUT2D eigenvalue weighted by atomic mass is 10.3. The Bertz CT molecular complexity index is 653. The van der Waals surface area contributed by atoms with Crippen LogP contribution in [-0.2, 0) is 0 Å². The molecule has 4 nitrogen and oxygen atoms in total. The fraction of sp³-hybridized carbons (Fsp3) is 0.455. The van der Waals surface area contributed by atoms with Crippen LogP contribution < -0.4 is 20.9 Å². The minimum absolute atomic E-state index is 0.773. The molecule has 0 aromatic heterocycles. The summed E-state index contributed by atoms with van der Waals surface area (Å²) >= 11 is 0. The van der Waals surface area contributed by atoms with Crippen molar-refractivity contribution >= 4 is 27.5 Å². The minimum Gasteiger partial charge on any atom is -0.494 e. The Labute approximate surface area is 172 Å². The Kier molecular flexibility index (Phi) is 8.01. The molecule has 28 heavy (non-hydrogen) atoms. The summed E-state index contributed by atoms with van der Waals surface area (Å²) in [6.45, 7) is 11.5. The average Bonchev–Trinajstić information content (AvgIpc) is 2.64. The molecule has 2 rings (SSSR count). The van der Waals surface area contributed by atoms with Gasteiger partial charge in [-0.2, -0.15) is 0 Å². The number of nitrogen functional groups attached to an aromatic ring is 2. The topological polar surface area (TPSA) is 70.5 Å². The monoisotopic (exact) mass is 416 g/mol. The van der Waals surface area contributed by atoms with Crippen LogP contribution in [0.4, 0.5) is 11.4 Å². The van der Waals surface area contributed by atoms with Gasteiger partial charge in [0, 0.05) is 11.4 Å². The van der Waals surface area contributed by atoms with Gasteiger partial charge in [-0.1, -0.05) is 38.3 Å². The Hall–Kier alpha value is -1.93. The van der Waals surface area contributed by atoms with Crippen molar-refractivity contribution in [2.75, 3.05) is 24.7 Å². The summed E-state index contributed by atoms with van der Waals surface area (Å²) in [5.41, 5.74) is 13.0. The van der Waals surface area contributed by atoms with E-state index in [1.165, 1.54) is 24.2 Å². The summed E-state index contributed by atoms with van der Waals surface area (Å²) in [5, 5.41) is 0. The largest absolute Gasteiger partial charge is 0.494 e. The maximum atomic E-state index is 5.91. The zero-order chi connectivity index (χ0) is 20.6. The SMILES string of the molecule is C[Si](C)(CCOc1ccc(N)cc1)CC[Si](C)(C)CCOc1ccc(N)cc1. The maximum Gasteiger partial charge on any atom is 0.119 e. The summed E-state index contributed by atoms with van der Waals surface area (Å²) in [6.07, 6.45) is 0. The van der Waals surface area contributed by atoms with Crippen molar-refractivity contribution in [1.82, 2.24) is 0 Å². The van der Waals surface area contributed by atoms with Gasteiger partial charge in [-0.15, -0.1) is 0 Å². The predicted molar refractivity (Wildman–Crippen MR) is 127 cm³/mol. The van der Waals surface area contributed by atoms with E-state index in [2.05, 4.69) is 26.2 Å². The maximum absolute atomic E-state index is 5.91. The first-order valence-electron chi connectivity index (χ1n) is 10.1. The summed E-state index contributed by atoms with van der Waals surface area (Å²) in [4.78, 5) is 0. The molecule has 0 bridgehead atoms. The lowest BCUT2D eigenvalue weighted by molar-refractivity contribution is 0.337. The fourth-order valence-electron chi connectivity index (χ4n) is 2.95. The molecule has 0 heterocycles. The van der Waals surface area contributed by atoms with Gasteiger partial charge >= 0.3 is 0 Å².